The van der Waals surface area contributed by atoms with E-state index in [0.717, 1.165) is 19.5 Å². The highest BCUT2D eigenvalue weighted by Crippen LogP contribution is 2.09. The quantitative estimate of drug-likeness (QED) is 0.794. The summed E-state index contributed by atoms with van der Waals surface area (Å²) < 4.78 is 5.64. The van der Waals surface area contributed by atoms with Crippen LogP contribution in [0.2, 0.25) is 0 Å². The molecule has 3 nitrogen and oxygen atoms in total. The molecule has 0 aliphatic rings. The molecule has 1 unspecified atom stereocenters. The van der Waals surface area contributed by atoms with Crippen molar-refractivity contribution in [3.63, 3.8) is 0 Å². The summed E-state index contributed by atoms with van der Waals surface area (Å²) >= 11 is 0. The van der Waals surface area contributed by atoms with Gasteiger partial charge in [0.1, 0.15) is 0 Å². The number of hydrogen-bond acceptors (Lipinski definition) is 3. The summed E-state index contributed by atoms with van der Waals surface area (Å²) in [6, 6.07) is 10.4. The second kappa shape index (κ2) is 8.40. The molecule has 0 saturated carbocycles. The molecule has 0 amide bonds. The zero-order valence-electron chi connectivity index (χ0n) is 13.3. The van der Waals surface area contributed by atoms with Crippen molar-refractivity contribution < 1.29 is 9.84 Å². The van der Waals surface area contributed by atoms with E-state index in [9.17, 15) is 5.11 Å². The lowest BCUT2D eigenvalue weighted by atomic mass is 10.2. The van der Waals surface area contributed by atoms with Crippen LogP contribution in [-0.4, -0.2) is 41.4 Å². The third-order valence-corrected chi connectivity index (χ3v) is 2.97. The molecule has 0 heterocycles. The first-order valence-corrected chi connectivity index (χ1v) is 7.49. The van der Waals surface area contributed by atoms with E-state index in [4.69, 9.17) is 4.74 Å². The van der Waals surface area contributed by atoms with Gasteiger partial charge in [-0.1, -0.05) is 37.3 Å². The molecular formula is C17H29NO2. The van der Waals surface area contributed by atoms with E-state index in [1.165, 1.54) is 5.56 Å². The molecular weight excluding hydrogens is 250 g/mol. The molecule has 1 atom stereocenters. The first-order valence-electron chi connectivity index (χ1n) is 7.49. The van der Waals surface area contributed by atoms with Crippen LogP contribution < -0.4 is 0 Å². The minimum atomic E-state index is -0.440. The predicted molar refractivity (Wildman–Crippen MR) is 83.7 cm³/mol. The zero-order valence-corrected chi connectivity index (χ0v) is 13.3. The van der Waals surface area contributed by atoms with E-state index in [2.05, 4.69) is 36.1 Å². The Labute approximate surface area is 123 Å². The monoisotopic (exact) mass is 279 g/mol. The zero-order chi connectivity index (χ0) is 15.0. The number of aliphatic hydroxyl groups is 1. The number of ether oxygens (including phenoxy) is 1. The Morgan fingerprint density at radius 1 is 1.20 bits per heavy atom. The second-order valence-electron chi connectivity index (χ2n) is 6.30. The average molecular weight is 279 g/mol. The Hall–Kier alpha value is -0.900. The molecule has 0 bridgehead atoms. The van der Waals surface area contributed by atoms with Gasteiger partial charge in [-0.05, 0) is 39.3 Å². The van der Waals surface area contributed by atoms with Gasteiger partial charge in [0.25, 0.3) is 0 Å². The molecule has 0 aromatic heterocycles. The van der Waals surface area contributed by atoms with Crippen molar-refractivity contribution in [2.24, 2.45) is 0 Å². The van der Waals surface area contributed by atoms with Crippen LogP contribution in [-0.2, 0) is 11.3 Å². The molecule has 1 aromatic carbocycles. The fourth-order valence-corrected chi connectivity index (χ4v) is 2.09. The van der Waals surface area contributed by atoms with Gasteiger partial charge >= 0.3 is 0 Å². The lowest BCUT2D eigenvalue weighted by Crippen LogP contribution is -2.37. The third-order valence-electron chi connectivity index (χ3n) is 2.97. The van der Waals surface area contributed by atoms with Crippen molar-refractivity contribution in [2.75, 3.05) is 19.7 Å². The largest absolute Gasteiger partial charge is 0.389 e. The van der Waals surface area contributed by atoms with Gasteiger partial charge in [-0.2, -0.15) is 0 Å². The maximum atomic E-state index is 10.1. The first kappa shape index (κ1) is 17.2. The number of nitrogens with zero attached hydrogens (tertiary/aromatic N) is 1. The van der Waals surface area contributed by atoms with Gasteiger partial charge in [-0.15, -0.1) is 0 Å². The second-order valence-corrected chi connectivity index (χ2v) is 6.30. The summed E-state index contributed by atoms with van der Waals surface area (Å²) in [6.45, 7) is 11.1. The minimum Gasteiger partial charge on any atom is -0.389 e. The minimum absolute atomic E-state index is 0.198. The van der Waals surface area contributed by atoms with Crippen molar-refractivity contribution in [3.8, 4) is 0 Å². The van der Waals surface area contributed by atoms with E-state index in [1.807, 2.05) is 26.8 Å². The van der Waals surface area contributed by atoms with E-state index in [1.54, 1.807) is 0 Å². The van der Waals surface area contributed by atoms with Crippen molar-refractivity contribution >= 4 is 0 Å². The molecule has 0 aliphatic heterocycles. The van der Waals surface area contributed by atoms with Crippen LogP contribution in [0.4, 0.5) is 0 Å². The van der Waals surface area contributed by atoms with Crippen LogP contribution in [0.1, 0.15) is 39.7 Å². The van der Waals surface area contributed by atoms with E-state index >= 15 is 0 Å². The number of benzene rings is 1. The van der Waals surface area contributed by atoms with Crippen molar-refractivity contribution in [1.82, 2.24) is 4.90 Å². The van der Waals surface area contributed by atoms with Crippen LogP contribution >= 0.6 is 0 Å². The lowest BCUT2D eigenvalue weighted by Gasteiger charge is -2.27. The Kier molecular flexibility index (Phi) is 7.20. The third kappa shape index (κ3) is 7.63. The molecule has 0 fully saturated rings. The van der Waals surface area contributed by atoms with Crippen LogP contribution in [0.25, 0.3) is 0 Å². The summed E-state index contributed by atoms with van der Waals surface area (Å²) in [6.07, 6.45) is 0.643. The number of rotatable bonds is 8. The Balaban J connectivity index is 2.46. The Bertz CT molecular complexity index is 359. The van der Waals surface area contributed by atoms with Gasteiger partial charge in [-0.3, -0.25) is 4.90 Å². The normalized spacial score (nSPS) is 13.7. The molecule has 0 saturated heterocycles. The summed E-state index contributed by atoms with van der Waals surface area (Å²) in [7, 11) is 0. The van der Waals surface area contributed by atoms with Gasteiger partial charge in [0.2, 0.25) is 0 Å². The first-order chi connectivity index (χ1) is 9.40. The van der Waals surface area contributed by atoms with Gasteiger partial charge in [0.15, 0.2) is 0 Å². The summed E-state index contributed by atoms with van der Waals surface area (Å²) in [5.74, 6) is 0. The van der Waals surface area contributed by atoms with Crippen LogP contribution in [0, 0.1) is 0 Å². The Morgan fingerprint density at radius 2 is 1.85 bits per heavy atom. The number of hydrogen-bond donors (Lipinski definition) is 1. The van der Waals surface area contributed by atoms with Gasteiger partial charge in [0, 0.05) is 13.1 Å². The average Bonchev–Trinajstić information content (AvgIpc) is 2.37. The predicted octanol–water partition coefficient (Wildman–Crippen LogP) is 3.07. The van der Waals surface area contributed by atoms with E-state index in [0.29, 0.717) is 13.2 Å². The molecule has 0 aliphatic carbocycles. The van der Waals surface area contributed by atoms with Crippen LogP contribution in [0.5, 0.6) is 0 Å². The number of aliphatic hydroxyl groups excluding tert-OH is 1. The molecule has 3 heteroatoms. The summed E-state index contributed by atoms with van der Waals surface area (Å²) in [4.78, 5) is 2.28. The topological polar surface area (TPSA) is 32.7 Å². The van der Waals surface area contributed by atoms with Crippen LogP contribution in [0.15, 0.2) is 30.3 Å². The molecule has 0 radical (unpaired) electrons. The van der Waals surface area contributed by atoms with Gasteiger partial charge in [-0.25, -0.2) is 0 Å². The van der Waals surface area contributed by atoms with Gasteiger partial charge < -0.3 is 9.84 Å². The van der Waals surface area contributed by atoms with Gasteiger partial charge in [0.05, 0.1) is 18.3 Å². The SMILES string of the molecule is CCCN(Cc1ccccc1)CC(O)COC(C)(C)C. The summed E-state index contributed by atoms with van der Waals surface area (Å²) in [5.41, 5.74) is 1.08. The van der Waals surface area contributed by atoms with E-state index in [-0.39, 0.29) is 5.60 Å². The lowest BCUT2D eigenvalue weighted by molar-refractivity contribution is -0.0566. The molecule has 0 spiro atoms. The maximum Gasteiger partial charge on any atom is 0.0900 e. The molecule has 114 valence electrons. The fraction of sp³-hybridized carbons (Fsp3) is 0.647. The highest BCUT2D eigenvalue weighted by atomic mass is 16.5. The highest BCUT2D eigenvalue weighted by Gasteiger charge is 2.16. The van der Waals surface area contributed by atoms with Crippen molar-refractivity contribution in [2.45, 2.75) is 52.4 Å². The Morgan fingerprint density at radius 3 is 2.40 bits per heavy atom. The maximum absolute atomic E-state index is 10.1. The smallest absolute Gasteiger partial charge is 0.0900 e. The van der Waals surface area contributed by atoms with Crippen molar-refractivity contribution in [3.05, 3.63) is 35.9 Å². The standard InChI is InChI=1S/C17H29NO2/c1-5-11-18(12-15-9-7-6-8-10-15)13-16(19)14-20-17(2,3)4/h6-10,16,19H,5,11-14H2,1-4H3. The molecule has 20 heavy (non-hydrogen) atoms. The summed E-state index contributed by atoms with van der Waals surface area (Å²) in [5, 5.41) is 10.1. The molecule has 1 aromatic rings. The van der Waals surface area contributed by atoms with Crippen molar-refractivity contribution in [1.29, 1.82) is 0 Å². The van der Waals surface area contributed by atoms with E-state index < -0.39 is 6.10 Å². The van der Waals surface area contributed by atoms with Crippen LogP contribution in [0.3, 0.4) is 0 Å². The fourth-order valence-electron chi connectivity index (χ4n) is 2.09. The molecule has 1 rings (SSSR count). The molecule has 1 N–H and O–H groups in total. The highest BCUT2D eigenvalue weighted by molar-refractivity contribution is 5.14.